The molecule has 0 aliphatic carbocycles. The lowest BCUT2D eigenvalue weighted by atomic mass is 9.99. The highest BCUT2D eigenvalue weighted by molar-refractivity contribution is 14.1. The van der Waals surface area contributed by atoms with E-state index in [2.05, 4.69) is 39.7 Å². The summed E-state index contributed by atoms with van der Waals surface area (Å²) in [5, 5.41) is 3.62. The van der Waals surface area contributed by atoms with Gasteiger partial charge in [0.25, 0.3) is 5.91 Å². The van der Waals surface area contributed by atoms with Gasteiger partial charge in [-0.15, -0.1) is 0 Å². The lowest BCUT2D eigenvalue weighted by Gasteiger charge is -2.32. The maximum Gasteiger partial charge on any atom is 0.256 e. The van der Waals surface area contributed by atoms with Gasteiger partial charge < -0.3 is 10.2 Å². The molecule has 24 heavy (non-hydrogen) atoms. The molecule has 126 valence electrons. The molecule has 1 amide bonds. The number of carbonyl (C=O) groups excluding carboxylic acids is 1. The highest BCUT2D eigenvalue weighted by Crippen LogP contribution is 2.32. The molecule has 1 fully saturated rings. The van der Waals surface area contributed by atoms with Gasteiger partial charge in [0.2, 0.25) is 0 Å². The standard InChI is InChI=1S/C19H20ClIN2O/c1-13-8-10-23(11-9-13)18-7-6-14(12-16(18)20)22-19(24)15-4-2-3-5-17(15)21/h2-7,12-13H,8-11H2,1H3,(H,22,24). The number of halogens is 2. The molecule has 5 heteroatoms. The van der Waals surface area contributed by atoms with Gasteiger partial charge in [0, 0.05) is 22.3 Å². The third-order valence-electron chi connectivity index (χ3n) is 4.45. The van der Waals surface area contributed by atoms with Gasteiger partial charge in [-0.3, -0.25) is 4.79 Å². The SMILES string of the molecule is CC1CCN(c2ccc(NC(=O)c3ccccc3I)cc2Cl)CC1. The summed E-state index contributed by atoms with van der Waals surface area (Å²) >= 11 is 8.63. The van der Waals surface area contributed by atoms with Crippen molar-refractivity contribution in [2.45, 2.75) is 19.8 Å². The zero-order chi connectivity index (χ0) is 17.1. The Hall–Kier alpha value is -1.27. The average molecular weight is 455 g/mol. The maximum atomic E-state index is 12.4. The Kier molecular flexibility index (Phi) is 5.66. The monoisotopic (exact) mass is 454 g/mol. The first-order valence-electron chi connectivity index (χ1n) is 8.15. The number of benzene rings is 2. The van der Waals surface area contributed by atoms with Gasteiger partial charge in [0.15, 0.2) is 0 Å². The van der Waals surface area contributed by atoms with Crippen LogP contribution in [0.25, 0.3) is 0 Å². The van der Waals surface area contributed by atoms with Gasteiger partial charge in [-0.25, -0.2) is 0 Å². The Morgan fingerprint density at radius 3 is 2.58 bits per heavy atom. The number of hydrogen-bond donors (Lipinski definition) is 1. The number of nitrogens with zero attached hydrogens (tertiary/aromatic N) is 1. The largest absolute Gasteiger partial charge is 0.370 e. The van der Waals surface area contributed by atoms with Crippen molar-refractivity contribution in [3.05, 3.63) is 56.6 Å². The second-order valence-electron chi connectivity index (χ2n) is 6.27. The molecule has 3 nitrogen and oxygen atoms in total. The molecule has 2 aromatic rings. The number of amides is 1. The summed E-state index contributed by atoms with van der Waals surface area (Å²) in [6.07, 6.45) is 2.39. The van der Waals surface area contributed by atoms with E-state index in [-0.39, 0.29) is 5.91 Å². The predicted octanol–water partition coefficient (Wildman–Crippen LogP) is 5.43. The number of carbonyl (C=O) groups is 1. The average Bonchev–Trinajstić information content (AvgIpc) is 2.56. The van der Waals surface area contributed by atoms with Crippen LogP contribution in [0.3, 0.4) is 0 Å². The molecular formula is C19H20ClIN2O. The van der Waals surface area contributed by atoms with Gasteiger partial charge in [-0.05, 0) is 71.7 Å². The molecule has 0 aromatic heterocycles. The van der Waals surface area contributed by atoms with E-state index in [1.165, 1.54) is 12.8 Å². The van der Waals surface area contributed by atoms with Crippen LogP contribution in [-0.2, 0) is 0 Å². The predicted molar refractivity (Wildman–Crippen MR) is 109 cm³/mol. The summed E-state index contributed by atoms with van der Waals surface area (Å²) in [5.41, 5.74) is 2.44. The van der Waals surface area contributed by atoms with E-state index >= 15 is 0 Å². The van der Waals surface area contributed by atoms with Gasteiger partial charge in [-0.2, -0.15) is 0 Å². The number of anilines is 2. The van der Waals surface area contributed by atoms with Crippen molar-refractivity contribution < 1.29 is 4.79 Å². The summed E-state index contributed by atoms with van der Waals surface area (Å²) in [4.78, 5) is 14.7. The van der Waals surface area contributed by atoms with Crippen LogP contribution >= 0.6 is 34.2 Å². The molecule has 1 saturated heterocycles. The van der Waals surface area contributed by atoms with E-state index in [1.807, 2.05) is 42.5 Å². The quantitative estimate of drug-likeness (QED) is 0.627. The zero-order valence-electron chi connectivity index (χ0n) is 13.6. The fourth-order valence-electron chi connectivity index (χ4n) is 2.93. The van der Waals surface area contributed by atoms with Crippen LogP contribution < -0.4 is 10.2 Å². The summed E-state index contributed by atoms with van der Waals surface area (Å²) in [7, 11) is 0. The summed E-state index contributed by atoms with van der Waals surface area (Å²) < 4.78 is 0.928. The molecule has 1 aliphatic rings. The van der Waals surface area contributed by atoms with Crippen molar-refractivity contribution in [2.24, 2.45) is 5.92 Å². The fourth-order valence-corrected chi connectivity index (χ4v) is 3.87. The molecular weight excluding hydrogens is 435 g/mol. The van der Waals surface area contributed by atoms with Crippen molar-refractivity contribution in [3.63, 3.8) is 0 Å². The number of rotatable bonds is 3. The lowest BCUT2D eigenvalue weighted by Crippen LogP contribution is -2.32. The second kappa shape index (κ2) is 7.74. The topological polar surface area (TPSA) is 32.3 Å². The van der Waals surface area contributed by atoms with E-state index in [0.29, 0.717) is 10.6 Å². The van der Waals surface area contributed by atoms with E-state index in [9.17, 15) is 4.79 Å². The molecule has 0 bridgehead atoms. The molecule has 0 radical (unpaired) electrons. The Morgan fingerprint density at radius 1 is 1.21 bits per heavy atom. The van der Waals surface area contributed by atoms with Gasteiger partial charge in [-0.1, -0.05) is 30.7 Å². The van der Waals surface area contributed by atoms with Crippen molar-refractivity contribution >= 4 is 51.5 Å². The summed E-state index contributed by atoms with van der Waals surface area (Å²) in [6, 6.07) is 13.3. The first-order chi connectivity index (χ1) is 11.5. The number of hydrogen-bond acceptors (Lipinski definition) is 2. The minimum absolute atomic E-state index is 0.115. The van der Waals surface area contributed by atoms with Crippen molar-refractivity contribution in [3.8, 4) is 0 Å². The third kappa shape index (κ3) is 4.03. The Morgan fingerprint density at radius 2 is 1.92 bits per heavy atom. The molecule has 1 aliphatic heterocycles. The molecule has 0 saturated carbocycles. The van der Waals surface area contributed by atoms with Gasteiger partial charge in [0.05, 0.1) is 16.3 Å². The Balaban J connectivity index is 1.73. The van der Waals surface area contributed by atoms with E-state index in [1.54, 1.807) is 0 Å². The molecule has 3 rings (SSSR count). The zero-order valence-corrected chi connectivity index (χ0v) is 16.5. The molecule has 1 heterocycles. The Bertz CT molecular complexity index is 742. The molecule has 1 N–H and O–H groups in total. The van der Waals surface area contributed by atoms with Crippen LogP contribution in [0.15, 0.2) is 42.5 Å². The second-order valence-corrected chi connectivity index (χ2v) is 7.84. The molecule has 0 atom stereocenters. The molecule has 2 aromatic carbocycles. The van der Waals surface area contributed by atoms with E-state index < -0.39 is 0 Å². The van der Waals surface area contributed by atoms with Crippen LogP contribution in [0.5, 0.6) is 0 Å². The maximum absolute atomic E-state index is 12.4. The van der Waals surface area contributed by atoms with Gasteiger partial charge >= 0.3 is 0 Å². The molecule has 0 unspecified atom stereocenters. The van der Waals surface area contributed by atoms with Crippen LogP contribution in [-0.4, -0.2) is 19.0 Å². The first kappa shape index (κ1) is 17.5. The van der Waals surface area contributed by atoms with Crippen LogP contribution in [0.2, 0.25) is 5.02 Å². The fraction of sp³-hybridized carbons (Fsp3) is 0.316. The van der Waals surface area contributed by atoms with Crippen molar-refractivity contribution in [2.75, 3.05) is 23.3 Å². The summed E-state index contributed by atoms with van der Waals surface area (Å²) in [6.45, 7) is 4.37. The first-order valence-corrected chi connectivity index (χ1v) is 9.60. The van der Waals surface area contributed by atoms with Crippen molar-refractivity contribution in [1.29, 1.82) is 0 Å². The minimum atomic E-state index is -0.115. The smallest absolute Gasteiger partial charge is 0.256 e. The van der Waals surface area contributed by atoms with E-state index in [4.69, 9.17) is 11.6 Å². The lowest BCUT2D eigenvalue weighted by molar-refractivity contribution is 0.102. The number of piperidine rings is 1. The molecule has 0 spiro atoms. The van der Waals surface area contributed by atoms with Crippen molar-refractivity contribution in [1.82, 2.24) is 0 Å². The van der Waals surface area contributed by atoms with Crippen LogP contribution in [0.1, 0.15) is 30.1 Å². The van der Waals surface area contributed by atoms with Gasteiger partial charge in [0.1, 0.15) is 0 Å². The summed E-state index contributed by atoms with van der Waals surface area (Å²) in [5.74, 6) is 0.669. The van der Waals surface area contributed by atoms with Crippen LogP contribution in [0, 0.1) is 9.49 Å². The normalized spacial score (nSPS) is 15.4. The van der Waals surface area contributed by atoms with Crippen LogP contribution in [0.4, 0.5) is 11.4 Å². The highest BCUT2D eigenvalue weighted by atomic mass is 127. The number of nitrogens with one attached hydrogen (secondary N) is 1. The third-order valence-corrected chi connectivity index (χ3v) is 5.69. The van der Waals surface area contributed by atoms with E-state index in [0.717, 1.165) is 34.0 Å². The Labute approximate surface area is 161 Å². The minimum Gasteiger partial charge on any atom is -0.370 e. The highest BCUT2D eigenvalue weighted by Gasteiger charge is 2.18.